The zero-order chi connectivity index (χ0) is 23.2. The zero-order valence-electron chi connectivity index (χ0n) is 20.0. The van der Waals surface area contributed by atoms with Crippen LogP contribution in [0.25, 0.3) is 11.3 Å². The first kappa shape index (κ1) is 22.7. The summed E-state index contributed by atoms with van der Waals surface area (Å²) in [6.45, 7) is 11.8. The molecule has 3 aromatic rings. The summed E-state index contributed by atoms with van der Waals surface area (Å²) in [5.74, 6) is 2.45. The fourth-order valence-electron chi connectivity index (χ4n) is 4.68. The number of para-hydroxylation sites is 1. The Bertz CT molecular complexity index is 1050. The number of hydrogen-bond donors (Lipinski definition) is 0. The molecular formula is C27H34N4O3. The summed E-state index contributed by atoms with van der Waals surface area (Å²) < 4.78 is 17.0. The fraction of sp³-hybridized carbons (Fsp3) is 0.444. The molecule has 3 heterocycles. The lowest BCUT2D eigenvalue weighted by Crippen LogP contribution is -2.47. The Morgan fingerprint density at radius 1 is 0.912 bits per heavy atom. The van der Waals surface area contributed by atoms with Crippen LogP contribution in [0.1, 0.15) is 19.1 Å². The molecule has 1 fully saturated rings. The van der Waals surface area contributed by atoms with Crippen molar-refractivity contribution in [2.45, 2.75) is 19.9 Å². The van der Waals surface area contributed by atoms with Gasteiger partial charge < -0.3 is 18.9 Å². The van der Waals surface area contributed by atoms with Crippen molar-refractivity contribution < 1.29 is 14.0 Å². The van der Waals surface area contributed by atoms with E-state index in [0.29, 0.717) is 13.2 Å². The average molecular weight is 463 g/mol. The monoisotopic (exact) mass is 462 g/mol. The molecule has 0 atom stereocenters. The maximum atomic E-state index is 5.70. The van der Waals surface area contributed by atoms with E-state index in [-0.39, 0.29) is 0 Å². The highest BCUT2D eigenvalue weighted by Gasteiger charge is 2.18. The Morgan fingerprint density at radius 2 is 1.71 bits per heavy atom. The van der Waals surface area contributed by atoms with E-state index in [1.165, 1.54) is 5.69 Å². The van der Waals surface area contributed by atoms with Gasteiger partial charge in [-0.3, -0.25) is 9.80 Å². The van der Waals surface area contributed by atoms with Crippen LogP contribution in [0.2, 0.25) is 0 Å². The topological polar surface area (TPSA) is 54.2 Å². The van der Waals surface area contributed by atoms with Gasteiger partial charge in [-0.05, 0) is 56.4 Å². The normalized spacial score (nSPS) is 16.2. The highest BCUT2D eigenvalue weighted by atomic mass is 16.6. The molecule has 5 rings (SSSR count). The van der Waals surface area contributed by atoms with Crippen LogP contribution in [0.4, 0.5) is 5.69 Å². The highest BCUT2D eigenvalue weighted by molar-refractivity contribution is 5.64. The molecule has 0 N–H and O–H groups in total. The van der Waals surface area contributed by atoms with E-state index in [4.69, 9.17) is 14.0 Å². The Balaban J connectivity index is 1.08. The van der Waals surface area contributed by atoms with Crippen LogP contribution in [0.3, 0.4) is 0 Å². The number of aromatic nitrogens is 1. The van der Waals surface area contributed by atoms with Crippen LogP contribution in [-0.2, 0) is 6.54 Å². The Morgan fingerprint density at radius 3 is 2.50 bits per heavy atom. The van der Waals surface area contributed by atoms with E-state index in [1.54, 1.807) is 0 Å². The lowest BCUT2D eigenvalue weighted by molar-refractivity contribution is 0.171. The van der Waals surface area contributed by atoms with Gasteiger partial charge in [0, 0.05) is 43.5 Å². The first-order valence-corrected chi connectivity index (χ1v) is 12.4. The number of ether oxygens (including phenoxy) is 2. The summed E-state index contributed by atoms with van der Waals surface area (Å²) in [6.07, 6.45) is 1.16. The maximum Gasteiger partial charge on any atom is 0.162 e. The van der Waals surface area contributed by atoms with E-state index >= 15 is 0 Å². The third kappa shape index (κ3) is 5.54. The molecular weight excluding hydrogens is 428 g/mol. The molecule has 1 saturated heterocycles. The van der Waals surface area contributed by atoms with Crippen molar-refractivity contribution in [1.82, 2.24) is 15.0 Å². The molecule has 0 spiro atoms. The van der Waals surface area contributed by atoms with Gasteiger partial charge in [-0.25, -0.2) is 0 Å². The molecule has 7 nitrogen and oxygen atoms in total. The predicted molar refractivity (Wildman–Crippen MR) is 134 cm³/mol. The van der Waals surface area contributed by atoms with E-state index in [1.807, 2.05) is 24.3 Å². The van der Waals surface area contributed by atoms with Crippen molar-refractivity contribution >= 4 is 5.69 Å². The van der Waals surface area contributed by atoms with Crippen molar-refractivity contribution in [2.24, 2.45) is 0 Å². The number of benzene rings is 2. The second-order valence-corrected chi connectivity index (χ2v) is 8.92. The quantitative estimate of drug-likeness (QED) is 0.474. The molecule has 0 unspecified atom stereocenters. The van der Waals surface area contributed by atoms with Gasteiger partial charge in [0.25, 0.3) is 0 Å². The van der Waals surface area contributed by atoms with Gasteiger partial charge >= 0.3 is 0 Å². The Kier molecular flexibility index (Phi) is 7.31. The van der Waals surface area contributed by atoms with Crippen LogP contribution >= 0.6 is 0 Å². The molecule has 2 aliphatic heterocycles. The van der Waals surface area contributed by atoms with Gasteiger partial charge in [0.05, 0.1) is 6.54 Å². The van der Waals surface area contributed by atoms with Crippen molar-refractivity contribution in [3.63, 3.8) is 0 Å². The smallest absolute Gasteiger partial charge is 0.162 e. The Labute approximate surface area is 201 Å². The van der Waals surface area contributed by atoms with Gasteiger partial charge in [0.15, 0.2) is 17.3 Å². The molecule has 2 aliphatic rings. The van der Waals surface area contributed by atoms with Crippen molar-refractivity contribution in [3.05, 3.63) is 60.4 Å². The number of piperazine rings is 1. The summed E-state index contributed by atoms with van der Waals surface area (Å²) in [6, 6.07) is 18.7. The van der Waals surface area contributed by atoms with Gasteiger partial charge in [0.2, 0.25) is 0 Å². The lowest BCUT2D eigenvalue weighted by Gasteiger charge is -2.36. The van der Waals surface area contributed by atoms with Crippen LogP contribution < -0.4 is 14.4 Å². The number of fused-ring (bicyclic) bond motifs is 1. The molecule has 0 bridgehead atoms. The molecule has 1 aromatic heterocycles. The SMILES string of the molecule is CCN(CCCN1CCN(c2ccccc2)CC1)Cc1cc(-c2ccc3c(c2)OCCO3)no1. The summed E-state index contributed by atoms with van der Waals surface area (Å²) in [4.78, 5) is 7.49. The summed E-state index contributed by atoms with van der Waals surface area (Å²) in [5.41, 5.74) is 3.15. The molecule has 0 amide bonds. The number of rotatable bonds is 9. The second-order valence-electron chi connectivity index (χ2n) is 8.92. The standard InChI is InChI=1S/C27H34N4O3/c1-2-29(11-6-12-30-13-15-31(16-14-30)23-7-4-3-5-8-23)21-24-20-25(28-34-24)22-9-10-26-27(19-22)33-18-17-32-26/h3-5,7-10,19-20H,2,6,11-18,21H2,1H3. The third-order valence-electron chi connectivity index (χ3n) is 6.67. The molecule has 7 heteroatoms. The summed E-state index contributed by atoms with van der Waals surface area (Å²) in [7, 11) is 0. The van der Waals surface area contributed by atoms with Gasteiger partial charge in [-0.15, -0.1) is 0 Å². The predicted octanol–water partition coefficient (Wildman–Crippen LogP) is 4.15. The molecule has 0 radical (unpaired) electrons. The molecule has 34 heavy (non-hydrogen) atoms. The largest absolute Gasteiger partial charge is 0.486 e. The zero-order valence-corrected chi connectivity index (χ0v) is 20.0. The first-order valence-electron chi connectivity index (χ1n) is 12.4. The van der Waals surface area contributed by atoms with Crippen LogP contribution in [-0.4, -0.2) is 74.0 Å². The van der Waals surface area contributed by atoms with Crippen LogP contribution in [0.5, 0.6) is 11.5 Å². The van der Waals surface area contributed by atoms with E-state index in [9.17, 15) is 0 Å². The summed E-state index contributed by atoms with van der Waals surface area (Å²) >= 11 is 0. The molecule has 2 aromatic carbocycles. The molecule has 0 aliphatic carbocycles. The minimum Gasteiger partial charge on any atom is -0.486 e. The highest BCUT2D eigenvalue weighted by Crippen LogP contribution is 2.34. The fourth-order valence-corrected chi connectivity index (χ4v) is 4.68. The summed E-state index contributed by atoms with van der Waals surface area (Å²) in [5, 5.41) is 4.30. The maximum absolute atomic E-state index is 5.70. The van der Waals surface area contributed by atoms with Gasteiger partial charge in [-0.2, -0.15) is 0 Å². The Hall–Kier alpha value is -3.03. The van der Waals surface area contributed by atoms with Gasteiger partial charge in [0.1, 0.15) is 18.9 Å². The second kappa shape index (κ2) is 10.9. The van der Waals surface area contributed by atoms with Crippen molar-refractivity contribution in [3.8, 4) is 22.8 Å². The minimum atomic E-state index is 0.578. The van der Waals surface area contributed by atoms with Gasteiger partial charge in [-0.1, -0.05) is 30.3 Å². The van der Waals surface area contributed by atoms with Crippen molar-refractivity contribution in [1.29, 1.82) is 0 Å². The van der Waals surface area contributed by atoms with Crippen LogP contribution in [0.15, 0.2) is 59.1 Å². The van der Waals surface area contributed by atoms with E-state index in [0.717, 1.165) is 87.3 Å². The first-order chi connectivity index (χ1) is 16.8. The van der Waals surface area contributed by atoms with Crippen molar-refractivity contribution in [2.75, 3.05) is 63.9 Å². The third-order valence-corrected chi connectivity index (χ3v) is 6.67. The van der Waals surface area contributed by atoms with E-state index < -0.39 is 0 Å². The average Bonchev–Trinajstić information content (AvgIpc) is 3.37. The lowest BCUT2D eigenvalue weighted by atomic mass is 10.1. The van der Waals surface area contributed by atoms with Crippen LogP contribution in [0, 0.1) is 0 Å². The molecule has 0 saturated carbocycles. The minimum absolute atomic E-state index is 0.578. The molecule has 180 valence electrons. The number of nitrogens with zero attached hydrogens (tertiary/aromatic N) is 4. The number of hydrogen-bond acceptors (Lipinski definition) is 7. The van der Waals surface area contributed by atoms with E-state index in [2.05, 4.69) is 57.1 Å². The number of anilines is 1.